The molecule has 3 rings (SSSR count). The van der Waals surface area contributed by atoms with Crippen molar-refractivity contribution in [3.63, 3.8) is 0 Å². The molecule has 0 saturated carbocycles. The van der Waals surface area contributed by atoms with Crippen molar-refractivity contribution >= 4 is 56.4 Å². The molecule has 3 N–H and O–H groups in total. The van der Waals surface area contributed by atoms with Gasteiger partial charge in [-0.3, -0.25) is 14.9 Å². The van der Waals surface area contributed by atoms with E-state index in [9.17, 15) is 9.59 Å². The molecule has 37 heavy (non-hydrogen) atoms. The highest BCUT2D eigenvalue weighted by Gasteiger charge is 2.15. The van der Waals surface area contributed by atoms with Crippen molar-refractivity contribution in [1.29, 1.82) is 0 Å². The summed E-state index contributed by atoms with van der Waals surface area (Å²) in [4.78, 5) is 25.2. The lowest BCUT2D eigenvalue weighted by molar-refractivity contribution is 0.0976. The predicted molar refractivity (Wildman–Crippen MR) is 158 cm³/mol. The highest BCUT2D eigenvalue weighted by Crippen LogP contribution is 2.26. The molecule has 0 spiro atoms. The fraction of sp³-hybridized carbons (Fsp3) is 0.276. The lowest BCUT2D eigenvalue weighted by Crippen LogP contribution is -2.34. The zero-order valence-corrected chi connectivity index (χ0v) is 23.9. The maximum Gasteiger partial charge on any atom is 0.257 e. The summed E-state index contributed by atoms with van der Waals surface area (Å²) in [5.74, 6) is 0.177. The van der Waals surface area contributed by atoms with Crippen LogP contribution in [0.3, 0.4) is 0 Å². The predicted octanol–water partition coefficient (Wildman–Crippen LogP) is 7.30. The van der Waals surface area contributed by atoms with Crippen LogP contribution in [-0.2, 0) is 5.41 Å². The second-order valence-corrected chi connectivity index (χ2v) is 10.9. The fourth-order valence-electron chi connectivity index (χ4n) is 3.38. The minimum Gasteiger partial charge on any atom is -0.492 e. The number of carbonyl (C=O) groups excluding carboxylic acids is 2. The van der Waals surface area contributed by atoms with Crippen molar-refractivity contribution in [2.45, 2.75) is 46.0 Å². The second kappa shape index (κ2) is 12.8. The number of hydrogen-bond acceptors (Lipinski definition) is 4. The van der Waals surface area contributed by atoms with E-state index in [1.54, 1.807) is 42.5 Å². The van der Waals surface area contributed by atoms with Gasteiger partial charge in [0.1, 0.15) is 5.75 Å². The number of anilines is 2. The third kappa shape index (κ3) is 8.40. The first-order valence-corrected chi connectivity index (χ1v) is 13.3. The summed E-state index contributed by atoms with van der Waals surface area (Å²) < 4.78 is 6.41. The largest absolute Gasteiger partial charge is 0.492 e. The minimum absolute atomic E-state index is 0.0300. The number of carbonyl (C=O) groups is 2. The molecule has 0 aliphatic heterocycles. The quantitative estimate of drug-likeness (QED) is 0.192. The van der Waals surface area contributed by atoms with Gasteiger partial charge in [0.15, 0.2) is 5.11 Å². The Morgan fingerprint density at radius 3 is 2.03 bits per heavy atom. The fourth-order valence-corrected chi connectivity index (χ4v) is 4.09. The van der Waals surface area contributed by atoms with Gasteiger partial charge in [-0.05, 0) is 100 Å². The van der Waals surface area contributed by atoms with E-state index in [2.05, 4.69) is 59.6 Å². The summed E-state index contributed by atoms with van der Waals surface area (Å²) in [7, 11) is 0. The number of amides is 2. The van der Waals surface area contributed by atoms with Crippen LogP contribution in [0.4, 0.5) is 11.4 Å². The van der Waals surface area contributed by atoms with Crippen molar-refractivity contribution in [3.8, 4) is 5.75 Å². The Morgan fingerprint density at radius 1 is 0.865 bits per heavy atom. The lowest BCUT2D eigenvalue weighted by Gasteiger charge is -2.19. The average molecular weight is 583 g/mol. The van der Waals surface area contributed by atoms with Gasteiger partial charge in [-0.25, -0.2) is 0 Å². The molecule has 194 valence electrons. The van der Waals surface area contributed by atoms with E-state index in [4.69, 9.17) is 17.0 Å². The van der Waals surface area contributed by atoms with Crippen molar-refractivity contribution in [2.24, 2.45) is 0 Å². The van der Waals surface area contributed by atoms with Crippen LogP contribution >= 0.6 is 28.1 Å². The number of nitrogens with one attached hydrogen (secondary N) is 3. The molecule has 0 saturated heterocycles. The van der Waals surface area contributed by atoms with E-state index >= 15 is 0 Å². The molecule has 6 nitrogen and oxygen atoms in total. The molecule has 0 unspecified atom stereocenters. The van der Waals surface area contributed by atoms with Gasteiger partial charge in [-0.2, -0.15) is 0 Å². The van der Waals surface area contributed by atoms with Crippen molar-refractivity contribution < 1.29 is 14.3 Å². The topological polar surface area (TPSA) is 79.5 Å². The molecule has 0 aromatic heterocycles. The number of unbranched alkanes of at least 4 members (excludes halogenated alkanes) is 1. The van der Waals surface area contributed by atoms with Crippen LogP contribution < -0.4 is 20.7 Å². The van der Waals surface area contributed by atoms with Gasteiger partial charge in [0, 0.05) is 22.5 Å². The Balaban J connectivity index is 1.52. The van der Waals surface area contributed by atoms with Gasteiger partial charge in [-0.1, -0.05) is 46.2 Å². The van der Waals surface area contributed by atoms with Crippen LogP contribution in [0.2, 0.25) is 0 Å². The van der Waals surface area contributed by atoms with Crippen LogP contribution in [0, 0.1) is 0 Å². The van der Waals surface area contributed by atoms with Gasteiger partial charge < -0.3 is 15.4 Å². The number of halogens is 1. The number of benzene rings is 3. The maximum atomic E-state index is 12.6. The number of thiocarbonyl (C=S) groups is 1. The highest BCUT2D eigenvalue weighted by atomic mass is 79.9. The molecule has 3 aromatic rings. The van der Waals surface area contributed by atoms with Gasteiger partial charge in [-0.15, -0.1) is 0 Å². The molecule has 8 heteroatoms. The third-order valence-electron chi connectivity index (χ3n) is 5.59. The van der Waals surface area contributed by atoms with E-state index in [1.807, 2.05) is 24.3 Å². The Hall–Kier alpha value is -3.23. The van der Waals surface area contributed by atoms with Crippen molar-refractivity contribution in [3.05, 3.63) is 87.9 Å². The summed E-state index contributed by atoms with van der Waals surface area (Å²) in [5, 5.41) is 8.72. The summed E-state index contributed by atoms with van der Waals surface area (Å²) in [6.45, 7) is 9.13. The summed E-state index contributed by atoms with van der Waals surface area (Å²) in [5.41, 5.74) is 3.57. The van der Waals surface area contributed by atoms with E-state index in [-0.39, 0.29) is 22.3 Å². The molecule has 0 atom stereocenters. The van der Waals surface area contributed by atoms with Crippen molar-refractivity contribution in [1.82, 2.24) is 5.32 Å². The van der Waals surface area contributed by atoms with Crippen LogP contribution in [0.15, 0.2) is 71.2 Å². The van der Waals surface area contributed by atoms with Gasteiger partial charge in [0.2, 0.25) is 0 Å². The molecule has 0 bridgehead atoms. The Kier molecular flexibility index (Phi) is 9.83. The standard InChI is InChI=1S/C29H32BrN3O3S/c1-5-6-17-36-25-16-9-20(18-24(25)30)27(35)33-28(37)32-23-14-12-22(13-15-23)31-26(34)19-7-10-21(11-8-19)29(2,3)4/h7-16,18H,5-6,17H2,1-4H3,(H,31,34)(H2,32,33,35,37). The second-order valence-electron chi connectivity index (χ2n) is 9.61. The first-order chi connectivity index (χ1) is 17.6. The van der Waals surface area contributed by atoms with Crippen LogP contribution in [-0.4, -0.2) is 23.5 Å². The van der Waals surface area contributed by atoms with Crippen LogP contribution in [0.1, 0.15) is 66.8 Å². The lowest BCUT2D eigenvalue weighted by atomic mass is 9.87. The van der Waals surface area contributed by atoms with Crippen LogP contribution in [0.25, 0.3) is 0 Å². The normalized spacial score (nSPS) is 10.9. The zero-order valence-electron chi connectivity index (χ0n) is 21.5. The first-order valence-electron chi connectivity index (χ1n) is 12.1. The molecule has 0 fully saturated rings. The highest BCUT2D eigenvalue weighted by molar-refractivity contribution is 9.10. The Labute approximate surface area is 232 Å². The van der Waals surface area contributed by atoms with Crippen molar-refractivity contribution in [2.75, 3.05) is 17.2 Å². The average Bonchev–Trinajstić information content (AvgIpc) is 2.85. The van der Waals surface area contributed by atoms with E-state index in [0.29, 0.717) is 39.3 Å². The smallest absolute Gasteiger partial charge is 0.257 e. The number of hydrogen-bond donors (Lipinski definition) is 3. The molecule has 3 aromatic carbocycles. The zero-order chi connectivity index (χ0) is 27.0. The molecular formula is C29H32BrN3O3S. The Bertz CT molecular complexity index is 1250. The molecule has 0 heterocycles. The van der Waals surface area contributed by atoms with Crippen LogP contribution in [0.5, 0.6) is 5.75 Å². The summed E-state index contributed by atoms with van der Waals surface area (Å²) in [6, 6.07) is 19.9. The maximum absolute atomic E-state index is 12.6. The summed E-state index contributed by atoms with van der Waals surface area (Å²) >= 11 is 8.75. The molecular weight excluding hydrogens is 550 g/mol. The molecule has 0 radical (unpaired) electrons. The summed E-state index contributed by atoms with van der Waals surface area (Å²) in [6.07, 6.45) is 2.01. The van der Waals surface area contributed by atoms with E-state index in [0.717, 1.165) is 12.8 Å². The van der Waals surface area contributed by atoms with Gasteiger partial charge >= 0.3 is 0 Å². The number of ether oxygens (including phenoxy) is 1. The molecule has 2 amide bonds. The minimum atomic E-state index is -0.334. The molecule has 0 aliphatic rings. The monoisotopic (exact) mass is 581 g/mol. The SMILES string of the molecule is CCCCOc1ccc(C(=O)NC(=S)Nc2ccc(NC(=O)c3ccc(C(C)(C)C)cc3)cc2)cc1Br. The van der Waals surface area contributed by atoms with Gasteiger partial charge in [0.05, 0.1) is 11.1 Å². The number of rotatable bonds is 8. The first kappa shape index (κ1) is 28.3. The van der Waals surface area contributed by atoms with E-state index in [1.165, 1.54) is 5.56 Å². The molecule has 0 aliphatic carbocycles. The van der Waals surface area contributed by atoms with E-state index < -0.39 is 0 Å². The third-order valence-corrected chi connectivity index (χ3v) is 6.41. The van der Waals surface area contributed by atoms with Gasteiger partial charge in [0.25, 0.3) is 11.8 Å². The Morgan fingerprint density at radius 2 is 1.46 bits per heavy atom.